The highest BCUT2D eigenvalue weighted by Gasteiger charge is 2.00. The summed E-state index contributed by atoms with van der Waals surface area (Å²) in [5.41, 5.74) is 0. The first-order chi connectivity index (χ1) is 6.35. The molecule has 0 amide bonds. The summed E-state index contributed by atoms with van der Waals surface area (Å²) in [6, 6.07) is 0. The smallest absolute Gasteiger partial charge is 0.0589 e. The number of methoxy groups -OCH3 is 1. The molecule has 0 saturated carbocycles. The molecule has 0 aromatic heterocycles. The molecule has 0 aromatic rings. The largest absolute Gasteiger partial charge is 0.383 e. The minimum absolute atomic E-state index is 0.796. The lowest BCUT2D eigenvalue weighted by molar-refractivity contribution is 0.149. The van der Waals surface area contributed by atoms with E-state index in [0.717, 1.165) is 32.0 Å². The maximum Gasteiger partial charge on any atom is 0.0589 e. The van der Waals surface area contributed by atoms with Crippen molar-refractivity contribution in [3.8, 4) is 0 Å². The van der Waals surface area contributed by atoms with Crippen molar-refractivity contribution in [1.29, 1.82) is 0 Å². The number of hydrogen-bond donors (Lipinski definition) is 0. The zero-order valence-corrected chi connectivity index (χ0v) is 9.65. The highest BCUT2D eigenvalue weighted by atomic mass is 35.5. The Morgan fingerprint density at radius 2 is 1.92 bits per heavy atom. The van der Waals surface area contributed by atoms with Crippen LogP contribution in [0.2, 0.25) is 0 Å². The van der Waals surface area contributed by atoms with Crippen molar-refractivity contribution in [1.82, 2.24) is 4.90 Å². The average molecular weight is 208 g/mol. The maximum absolute atomic E-state index is 5.60. The lowest BCUT2D eigenvalue weighted by Gasteiger charge is -2.19. The van der Waals surface area contributed by atoms with Crippen LogP contribution in [0, 0.1) is 0 Å². The van der Waals surface area contributed by atoms with Crippen molar-refractivity contribution in [2.24, 2.45) is 0 Å². The van der Waals surface area contributed by atoms with Gasteiger partial charge in [0, 0.05) is 19.5 Å². The fourth-order valence-electron chi connectivity index (χ4n) is 1.26. The number of halogens is 1. The molecule has 2 nitrogen and oxygen atoms in total. The van der Waals surface area contributed by atoms with Gasteiger partial charge in [-0.05, 0) is 25.9 Å². The summed E-state index contributed by atoms with van der Waals surface area (Å²) in [7, 11) is 1.75. The van der Waals surface area contributed by atoms with Crippen molar-refractivity contribution in [2.75, 3.05) is 39.2 Å². The monoisotopic (exact) mass is 207 g/mol. The number of unbranched alkanes of at least 4 members (excludes halogenated alkanes) is 2. The SMILES string of the molecule is CCN(CCCCCCl)CCOC. The minimum atomic E-state index is 0.796. The van der Waals surface area contributed by atoms with Gasteiger partial charge in [0.2, 0.25) is 0 Å². The second-order valence-electron chi connectivity index (χ2n) is 3.18. The quantitative estimate of drug-likeness (QED) is 0.425. The summed E-state index contributed by atoms with van der Waals surface area (Å²) in [6.45, 7) is 6.37. The van der Waals surface area contributed by atoms with Gasteiger partial charge in [-0.2, -0.15) is 0 Å². The molecule has 0 N–H and O–H groups in total. The van der Waals surface area contributed by atoms with Gasteiger partial charge in [0.25, 0.3) is 0 Å². The van der Waals surface area contributed by atoms with E-state index in [-0.39, 0.29) is 0 Å². The van der Waals surface area contributed by atoms with Crippen LogP contribution in [0.1, 0.15) is 26.2 Å². The third kappa shape index (κ3) is 8.54. The Labute approximate surface area is 87.2 Å². The summed E-state index contributed by atoms with van der Waals surface area (Å²) < 4.78 is 5.04. The van der Waals surface area contributed by atoms with E-state index in [1.807, 2.05) is 0 Å². The fraction of sp³-hybridized carbons (Fsp3) is 1.00. The molecule has 0 fully saturated rings. The van der Waals surface area contributed by atoms with Gasteiger partial charge in [0.15, 0.2) is 0 Å². The average Bonchev–Trinajstić information content (AvgIpc) is 2.17. The van der Waals surface area contributed by atoms with Crippen LogP contribution in [0.25, 0.3) is 0 Å². The molecule has 13 heavy (non-hydrogen) atoms. The molecular formula is C10H22ClNO. The Hall–Kier alpha value is 0.210. The first-order valence-corrected chi connectivity index (χ1v) is 5.65. The molecule has 0 saturated heterocycles. The lowest BCUT2D eigenvalue weighted by atomic mass is 10.2. The van der Waals surface area contributed by atoms with E-state index in [2.05, 4.69) is 11.8 Å². The standard InChI is InChI=1S/C10H22ClNO/c1-3-12(9-10-13-2)8-6-4-5-7-11/h3-10H2,1-2H3. The molecule has 0 unspecified atom stereocenters. The van der Waals surface area contributed by atoms with E-state index in [1.54, 1.807) is 7.11 Å². The minimum Gasteiger partial charge on any atom is -0.383 e. The van der Waals surface area contributed by atoms with E-state index in [1.165, 1.54) is 19.4 Å². The van der Waals surface area contributed by atoms with Crippen molar-refractivity contribution in [2.45, 2.75) is 26.2 Å². The van der Waals surface area contributed by atoms with Crippen LogP contribution < -0.4 is 0 Å². The molecule has 0 spiro atoms. The summed E-state index contributed by atoms with van der Waals surface area (Å²) in [6.07, 6.45) is 3.64. The Kier molecular flexibility index (Phi) is 10.5. The summed E-state index contributed by atoms with van der Waals surface area (Å²) in [5.74, 6) is 0.796. The molecule has 0 heterocycles. The first-order valence-electron chi connectivity index (χ1n) is 5.12. The molecule has 0 bridgehead atoms. The number of rotatable bonds is 9. The second kappa shape index (κ2) is 10.3. The molecule has 3 heteroatoms. The van der Waals surface area contributed by atoms with Gasteiger partial charge < -0.3 is 9.64 Å². The molecule has 0 atom stereocenters. The Morgan fingerprint density at radius 1 is 1.15 bits per heavy atom. The zero-order chi connectivity index (χ0) is 9.94. The fourth-order valence-corrected chi connectivity index (χ4v) is 1.44. The van der Waals surface area contributed by atoms with Crippen LogP contribution in [0.3, 0.4) is 0 Å². The van der Waals surface area contributed by atoms with Crippen molar-refractivity contribution in [3.05, 3.63) is 0 Å². The molecule has 0 radical (unpaired) electrons. The van der Waals surface area contributed by atoms with E-state index < -0.39 is 0 Å². The maximum atomic E-state index is 5.60. The van der Waals surface area contributed by atoms with Crippen LogP contribution in [0.5, 0.6) is 0 Å². The molecule has 0 aliphatic carbocycles. The Bertz CT molecular complexity index is 101. The highest BCUT2D eigenvalue weighted by molar-refractivity contribution is 6.17. The normalized spacial score (nSPS) is 11.1. The van der Waals surface area contributed by atoms with Crippen LogP contribution in [-0.2, 0) is 4.74 Å². The topological polar surface area (TPSA) is 12.5 Å². The van der Waals surface area contributed by atoms with Gasteiger partial charge in [-0.15, -0.1) is 11.6 Å². The van der Waals surface area contributed by atoms with Gasteiger partial charge in [0.05, 0.1) is 6.61 Å². The van der Waals surface area contributed by atoms with Crippen molar-refractivity contribution < 1.29 is 4.74 Å². The zero-order valence-electron chi connectivity index (χ0n) is 8.89. The third-order valence-electron chi connectivity index (χ3n) is 2.17. The van der Waals surface area contributed by atoms with Crippen molar-refractivity contribution >= 4 is 11.6 Å². The van der Waals surface area contributed by atoms with Gasteiger partial charge in [0.1, 0.15) is 0 Å². The summed E-state index contributed by atoms with van der Waals surface area (Å²) in [5, 5.41) is 0. The predicted molar refractivity (Wildman–Crippen MR) is 58.6 cm³/mol. The number of hydrogen-bond acceptors (Lipinski definition) is 2. The van der Waals surface area contributed by atoms with Gasteiger partial charge in [-0.1, -0.05) is 13.3 Å². The second-order valence-corrected chi connectivity index (χ2v) is 3.55. The number of likely N-dealkylation sites (N-methyl/N-ethyl adjacent to an activating group) is 1. The predicted octanol–water partition coefficient (Wildman–Crippen LogP) is 2.36. The molecule has 0 aromatic carbocycles. The van der Waals surface area contributed by atoms with Crippen molar-refractivity contribution in [3.63, 3.8) is 0 Å². The number of alkyl halides is 1. The third-order valence-corrected chi connectivity index (χ3v) is 2.43. The van der Waals surface area contributed by atoms with E-state index in [0.29, 0.717) is 0 Å². The van der Waals surface area contributed by atoms with E-state index in [9.17, 15) is 0 Å². The van der Waals surface area contributed by atoms with Crippen LogP contribution >= 0.6 is 11.6 Å². The molecular weight excluding hydrogens is 186 g/mol. The van der Waals surface area contributed by atoms with Gasteiger partial charge in [-0.25, -0.2) is 0 Å². The van der Waals surface area contributed by atoms with Gasteiger partial charge in [-0.3, -0.25) is 0 Å². The Balaban J connectivity index is 3.25. The van der Waals surface area contributed by atoms with Crippen LogP contribution in [-0.4, -0.2) is 44.1 Å². The van der Waals surface area contributed by atoms with E-state index in [4.69, 9.17) is 16.3 Å². The summed E-state index contributed by atoms with van der Waals surface area (Å²) >= 11 is 5.60. The van der Waals surface area contributed by atoms with Crippen LogP contribution in [0.15, 0.2) is 0 Å². The first kappa shape index (κ1) is 13.2. The molecule has 0 aliphatic rings. The van der Waals surface area contributed by atoms with Gasteiger partial charge >= 0.3 is 0 Å². The van der Waals surface area contributed by atoms with E-state index >= 15 is 0 Å². The Morgan fingerprint density at radius 3 is 2.46 bits per heavy atom. The lowest BCUT2D eigenvalue weighted by Crippen LogP contribution is -2.28. The molecule has 0 aliphatic heterocycles. The summed E-state index contributed by atoms with van der Waals surface area (Å²) in [4.78, 5) is 2.41. The van der Waals surface area contributed by atoms with Crippen LogP contribution in [0.4, 0.5) is 0 Å². The number of ether oxygens (including phenoxy) is 1. The molecule has 80 valence electrons. The molecule has 0 rings (SSSR count). The number of nitrogens with zero attached hydrogens (tertiary/aromatic N) is 1. The highest BCUT2D eigenvalue weighted by Crippen LogP contribution is 1.99.